The van der Waals surface area contributed by atoms with Crippen molar-refractivity contribution in [3.05, 3.63) is 42.2 Å². The van der Waals surface area contributed by atoms with E-state index < -0.39 is 5.54 Å². The van der Waals surface area contributed by atoms with Crippen LogP contribution in [0.15, 0.2) is 36.5 Å². The van der Waals surface area contributed by atoms with Crippen molar-refractivity contribution in [2.75, 3.05) is 11.9 Å². The Morgan fingerprint density at radius 1 is 1.26 bits per heavy atom. The fourth-order valence-corrected chi connectivity index (χ4v) is 1.97. The van der Waals surface area contributed by atoms with E-state index in [1.807, 2.05) is 32.0 Å². The molecule has 2 rings (SSSR count). The predicted molar refractivity (Wildman–Crippen MR) is 90.1 cm³/mol. The highest BCUT2D eigenvalue weighted by molar-refractivity contribution is 5.90. The van der Waals surface area contributed by atoms with Crippen LogP contribution >= 0.6 is 0 Å². The highest BCUT2D eigenvalue weighted by Gasteiger charge is 2.23. The molecular weight excluding hydrogens is 292 g/mol. The average Bonchev–Trinajstić information content (AvgIpc) is 2.55. The second kappa shape index (κ2) is 7.19. The number of carbonyl (C=O) groups excluding carboxylic acids is 1. The molecule has 1 aromatic carbocycles. The largest absolute Gasteiger partial charge is 0.394 e. The Morgan fingerprint density at radius 3 is 2.52 bits per heavy atom. The molecule has 1 atom stereocenters. The molecular formula is C17H22N4O2. The third kappa shape index (κ3) is 4.50. The van der Waals surface area contributed by atoms with Crippen LogP contribution in [-0.2, 0) is 0 Å². The van der Waals surface area contributed by atoms with Gasteiger partial charge >= 0.3 is 6.03 Å². The van der Waals surface area contributed by atoms with Gasteiger partial charge < -0.3 is 15.7 Å². The zero-order chi connectivity index (χ0) is 16.9. The quantitative estimate of drug-likeness (QED) is 0.792. The van der Waals surface area contributed by atoms with Gasteiger partial charge in [-0.3, -0.25) is 0 Å². The normalized spacial score (nSPS) is 13.2. The second-order valence-electron chi connectivity index (χ2n) is 5.75. The van der Waals surface area contributed by atoms with Gasteiger partial charge in [-0.15, -0.1) is 0 Å². The molecule has 1 heterocycles. The lowest BCUT2D eigenvalue weighted by molar-refractivity contribution is 0.172. The Kier molecular flexibility index (Phi) is 5.28. The molecule has 2 amide bonds. The molecule has 0 aliphatic heterocycles. The molecule has 3 N–H and O–H groups in total. The monoisotopic (exact) mass is 314 g/mol. The molecule has 6 nitrogen and oxygen atoms in total. The SMILES string of the molecule is CCC(C)(CO)NC(=O)Nc1ccc(-c2nccc(C)n2)cc1. The first-order chi connectivity index (χ1) is 11.0. The number of carbonyl (C=O) groups is 1. The van der Waals surface area contributed by atoms with Crippen molar-refractivity contribution in [3.63, 3.8) is 0 Å². The van der Waals surface area contributed by atoms with E-state index in [0.29, 0.717) is 17.9 Å². The molecule has 0 radical (unpaired) electrons. The molecule has 6 heteroatoms. The summed E-state index contributed by atoms with van der Waals surface area (Å²) < 4.78 is 0. The third-order valence-electron chi connectivity index (χ3n) is 3.74. The molecule has 0 fully saturated rings. The number of nitrogens with zero attached hydrogens (tertiary/aromatic N) is 2. The van der Waals surface area contributed by atoms with E-state index in [1.54, 1.807) is 25.3 Å². The van der Waals surface area contributed by atoms with Crippen molar-refractivity contribution >= 4 is 11.7 Å². The number of aliphatic hydroxyl groups excluding tert-OH is 1. The number of aryl methyl sites for hydroxylation is 1. The maximum atomic E-state index is 12.0. The van der Waals surface area contributed by atoms with Crippen molar-refractivity contribution in [2.24, 2.45) is 0 Å². The Bertz CT molecular complexity index is 667. The first kappa shape index (κ1) is 16.9. The van der Waals surface area contributed by atoms with Gasteiger partial charge in [0.2, 0.25) is 0 Å². The van der Waals surface area contributed by atoms with Crippen molar-refractivity contribution < 1.29 is 9.90 Å². The zero-order valence-corrected chi connectivity index (χ0v) is 13.6. The van der Waals surface area contributed by atoms with Gasteiger partial charge in [0, 0.05) is 23.1 Å². The van der Waals surface area contributed by atoms with Crippen molar-refractivity contribution in [2.45, 2.75) is 32.7 Å². The Hall–Kier alpha value is -2.47. The average molecular weight is 314 g/mol. The van der Waals surface area contributed by atoms with Crippen molar-refractivity contribution in [3.8, 4) is 11.4 Å². The summed E-state index contributed by atoms with van der Waals surface area (Å²) in [5.74, 6) is 0.653. The number of urea groups is 1. The molecule has 0 aliphatic rings. The van der Waals surface area contributed by atoms with E-state index >= 15 is 0 Å². The highest BCUT2D eigenvalue weighted by atomic mass is 16.3. The van der Waals surface area contributed by atoms with Crippen LogP contribution in [0.3, 0.4) is 0 Å². The van der Waals surface area contributed by atoms with E-state index in [9.17, 15) is 9.90 Å². The number of aliphatic hydroxyl groups is 1. The maximum Gasteiger partial charge on any atom is 0.319 e. The minimum absolute atomic E-state index is 0.111. The lowest BCUT2D eigenvalue weighted by atomic mass is 10.0. The molecule has 1 unspecified atom stereocenters. The van der Waals surface area contributed by atoms with Crippen LogP contribution in [0.4, 0.5) is 10.5 Å². The molecule has 23 heavy (non-hydrogen) atoms. The topological polar surface area (TPSA) is 87.1 Å². The summed E-state index contributed by atoms with van der Waals surface area (Å²) in [5, 5.41) is 14.9. The Labute approximate surface area is 136 Å². The fraction of sp³-hybridized carbons (Fsp3) is 0.353. The smallest absolute Gasteiger partial charge is 0.319 e. The summed E-state index contributed by atoms with van der Waals surface area (Å²) in [6.45, 7) is 5.51. The minimum Gasteiger partial charge on any atom is -0.394 e. The van der Waals surface area contributed by atoms with E-state index in [0.717, 1.165) is 11.3 Å². The lowest BCUT2D eigenvalue weighted by Gasteiger charge is -2.27. The van der Waals surface area contributed by atoms with Gasteiger partial charge in [-0.25, -0.2) is 14.8 Å². The summed E-state index contributed by atoms with van der Waals surface area (Å²) in [4.78, 5) is 20.6. The Balaban J connectivity index is 2.04. The number of anilines is 1. The maximum absolute atomic E-state index is 12.0. The number of amides is 2. The molecule has 0 aliphatic carbocycles. The van der Waals surface area contributed by atoms with Crippen LogP contribution in [-0.4, -0.2) is 33.3 Å². The number of hydrogen-bond donors (Lipinski definition) is 3. The number of hydrogen-bond acceptors (Lipinski definition) is 4. The number of benzene rings is 1. The van der Waals surface area contributed by atoms with Gasteiger partial charge in [0.05, 0.1) is 12.1 Å². The first-order valence-corrected chi connectivity index (χ1v) is 7.56. The van der Waals surface area contributed by atoms with E-state index in [2.05, 4.69) is 20.6 Å². The predicted octanol–water partition coefficient (Wildman–Crippen LogP) is 2.73. The summed E-state index contributed by atoms with van der Waals surface area (Å²) in [6, 6.07) is 8.80. The van der Waals surface area contributed by atoms with Gasteiger partial charge in [0.15, 0.2) is 5.82 Å². The van der Waals surface area contributed by atoms with Crippen LogP contribution in [0, 0.1) is 6.92 Å². The fourth-order valence-electron chi connectivity index (χ4n) is 1.97. The van der Waals surface area contributed by atoms with E-state index in [-0.39, 0.29) is 12.6 Å². The van der Waals surface area contributed by atoms with Gasteiger partial charge in [-0.2, -0.15) is 0 Å². The number of nitrogens with one attached hydrogen (secondary N) is 2. The molecule has 0 bridgehead atoms. The molecule has 1 aromatic heterocycles. The Morgan fingerprint density at radius 2 is 1.96 bits per heavy atom. The molecule has 122 valence electrons. The molecule has 0 saturated carbocycles. The summed E-state index contributed by atoms with van der Waals surface area (Å²) in [7, 11) is 0. The lowest BCUT2D eigenvalue weighted by Crippen LogP contribution is -2.50. The van der Waals surface area contributed by atoms with E-state index in [4.69, 9.17) is 0 Å². The molecule has 0 spiro atoms. The standard InChI is InChI=1S/C17H22N4O2/c1-4-17(3,11-22)21-16(23)20-14-7-5-13(6-8-14)15-18-10-9-12(2)19-15/h5-10,22H,4,11H2,1-3H3,(H2,20,21,23). The summed E-state index contributed by atoms with van der Waals surface area (Å²) in [5.41, 5.74) is 1.82. The van der Waals surface area contributed by atoms with Crippen molar-refractivity contribution in [1.29, 1.82) is 0 Å². The van der Waals surface area contributed by atoms with Gasteiger partial charge in [0.25, 0.3) is 0 Å². The first-order valence-electron chi connectivity index (χ1n) is 7.56. The molecule has 0 saturated heterocycles. The highest BCUT2D eigenvalue weighted by Crippen LogP contribution is 2.18. The van der Waals surface area contributed by atoms with Crippen LogP contribution in [0.5, 0.6) is 0 Å². The number of aromatic nitrogens is 2. The minimum atomic E-state index is -0.626. The second-order valence-corrected chi connectivity index (χ2v) is 5.75. The van der Waals surface area contributed by atoms with Gasteiger partial charge in [-0.1, -0.05) is 6.92 Å². The van der Waals surface area contributed by atoms with Crippen LogP contribution in [0.2, 0.25) is 0 Å². The number of rotatable bonds is 5. The van der Waals surface area contributed by atoms with Crippen LogP contribution in [0.25, 0.3) is 11.4 Å². The third-order valence-corrected chi connectivity index (χ3v) is 3.74. The van der Waals surface area contributed by atoms with Gasteiger partial charge in [-0.05, 0) is 50.6 Å². The van der Waals surface area contributed by atoms with Crippen molar-refractivity contribution in [1.82, 2.24) is 15.3 Å². The van der Waals surface area contributed by atoms with E-state index in [1.165, 1.54) is 0 Å². The summed E-state index contributed by atoms with van der Waals surface area (Å²) >= 11 is 0. The van der Waals surface area contributed by atoms with Crippen LogP contribution < -0.4 is 10.6 Å². The molecule has 2 aromatic rings. The van der Waals surface area contributed by atoms with Gasteiger partial charge in [0.1, 0.15) is 0 Å². The zero-order valence-electron chi connectivity index (χ0n) is 13.6. The van der Waals surface area contributed by atoms with Crippen LogP contribution in [0.1, 0.15) is 26.0 Å². The summed E-state index contributed by atoms with van der Waals surface area (Å²) in [6.07, 6.45) is 2.36.